The molecule has 0 spiro atoms. The molecule has 0 aromatic heterocycles. The Hall–Kier alpha value is -3.03. The highest BCUT2D eigenvalue weighted by Gasteiger charge is 2.45. The zero-order valence-corrected chi connectivity index (χ0v) is 18.7. The number of amides is 4. The number of nitrogens with zero attached hydrogens (tertiary/aromatic N) is 3. The number of nitrogens with one attached hydrogen (secondary N) is 2. The van der Waals surface area contributed by atoms with E-state index in [4.69, 9.17) is 5.41 Å². The molecule has 31 heavy (non-hydrogen) atoms. The Labute approximate surface area is 183 Å². The van der Waals surface area contributed by atoms with Gasteiger partial charge in [-0.3, -0.25) is 24.8 Å². The van der Waals surface area contributed by atoms with Crippen LogP contribution in [0.4, 0.5) is 4.79 Å². The molecule has 0 saturated carbocycles. The number of imide groups is 1. The lowest BCUT2D eigenvalue weighted by Gasteiger charge is -2.24. The highest BCUT2D eigenvalue weighted by atomic mass is 16.2. The van der Waals surface area contributed by atoms with Crippen LogP contribution in [0.3, 0.4) is 0 Å². The first-order chi connectivity index (χ1) is 14.6. The molecule has 1 aromatic carbocycles. The Morgan fingerprint density at radius 1 is 1.06 bits per heavy atom. The summed E-state index contributed by atoms with van der Waals surface area (Å²) in [5, 5.41) is 11.2. The molecule has 2 aliphatic rings. The topological polar surface area (TPSA) is 106 Å². The van der Waals surface area contributed by atoms with E-state index < -0.39 is 11.6 Å². The Kier molecular flexibility index (Phi) is 6.57. The van der Waals surface area contributed by atoms with Gasteiger partial charge < -0.3 is 5.32 Å². The molecular formula is C23H31N5O3. The number of carbonyl (C=O) groups is 3. The van der Waals surface area contributed by atoms with Crippen molar-refractivity contribution in [2.75, 3.05) is 0 Å². The highest BCUT2D eigenvalue weighted by molar-refractivity contribution is 6.46. The minimum atomic E-state index is -0.753. The average Bonchev–Trinajstić information content (AvgIpc) is 3.08. The first-order valence-corrected chi connectivity index (χ1v) is 10.8. The van der Waals surface area contributed by atoms with E-state index in [2.05, 4.69) is 24.2 Å². The van der Waals surface area contributed by atoms with Crippen LogP contribution in [0, 0.1) is 11.3 Å². The number of urea groups is 1. The van der Waals surface area contributed by atoms with Gasteiger partial charge in [-0.2, -0.15) is 4.99 Å². The molecule has 1 saturated heterocycles. The first-order valence-electron chi connectivity index (χ1n) is 10.8. The van der Waals surface area contributed by atoms with E-state index in [1.807, 2.05) is 38.1 Å². The lowest BCUT2D eigenvalue weighted by Crippen LogP contribution is -2.44. The van der Waals surface area contributed by atoms with E-state index in [0.29, 0.717) is 31.0 Å². The van der Waals surface area contributed by atoms with E-state index in [1.54, 1.807) is 0 Å². The van der Waals surface area contributed by atoms with Gasteiger partial charge in [0.1, 0.15) is 11.3 Å². The largest absolute Gasteiger partial charge is 0.351 e. The van der Waals surface area contributed by atoms with Gasteiger partial charge in [0.05, 0.1) is 13.1 Å². The Bertz CT molecular complexity index is 922. The van der Waals surface area contributed by atoms with Crippen LogP contribution in [0.15, 0.2) is 29.3 Å². The summed E-state index contributed by atoms with van der Waals surface area (Å²) < 4.78 is 0. The smallest absolute Gasteiger partial charge is 0.342 e. The van der Waals surface area contributed by atoms with Crippen LogP contribution in [-0.2, 0) is 22.7 Å². The molecule has 8 heteroatoms. The summed E-state index contributed by atoms with van der Waals surface area (Å²) in [4.78, 5) is 44.0. The lowest BCUT2D eigenvalue weighted by atomic mass is 9.91. The molecule has 1 unspecified atom stereocenters. The molecule has 3 rings (SSSR count). The van der Waals surface area contributed by atoms with Crippen molar-refractivity contribution in [3.8, 4) is 0 Å². The van der Waals surface area contributed by atoms with Crippen molar-refractivity contribution in [2.24, 2.45) is 10.9 Å². The molecule has 1 aromatic rings. The van der Waals surface area contributed by atoms with Gasteiger partial charge in [-0.15, -0.1) is 0 Å². The standard InChI is InChI=1S/C23H31N5O3/c1-5-6-7-18-19(29)27(22(31)25-18)13-16-8-10-17(11-9-16)14-28-20(30)23(4,12-15(2)3)26-21(28)24/h8-11,15H,5-7,12-14H2,1-4H3,(H2,24,26). The number of hydrogen-bond acceptors (Lipinski definition) is 4. The van der Waals surface area contributed by atoms with Gasteiger partial charge in [-0.1, -0.05) is 51.5 Å². The van der Waals surface area contributed by atoms with Crippen LogP contribution in [0.2, 0.25) is 0 Å². The molecule has 4 amide bonds. The predicted molar refractivity (Wildman–Crippen MR) is 119 cm³/mol. The van der Waals surface area contributed by atoms with Gasteiger partial charge >= 0.3 is 6.03 Å². The van der Waals surface area contributed by atoms with Crippen molar-refractivity contribution >= 4 is 29.5 Å². The van der Waals surface area contributed by atoms with Gasteiger partial charge in [0.2, 0.25) is 0 Å². The third-order valence-electron chi connectivity index (χ3n) is 5.62. The fraction of sp³-hybridized carbons (Fsp3) is 0.522. The summed E-state index contributed by atoms with van der Waals surface area (Å²) in [5.41, 5.74) is 1.27. The van der Waals surface area contributed by atoms with E-state index in [9.17, 15) is 14.4 Å². The van der Waals surface area contributed by atoms with Crippen molar-refractivity contribution in [1.82, 2.24) is 15.1 Å². The number of aliphatic imine (C=N–C) groups is 1. The summed E-state index contributed by atoms with van der Waals surface area (Å²) in [6, 6.07) is 6.89. The molecule has 1 fully saturated rings. The maximum atomic E-state index is 12.9. The van der Waals surface area contributed by atoms with Gasteiger partial charge in [-0.25, -0.2) is 4.79 Å². The number of hydrogen-bond donors (Lipinski definition) is 2. The Morgan fingerprint density at radius 2 is 1.65 bits per heavy atom. The molecule has 0 aliphatic carbocycles. The monoisotopic (exact) mass is 425 g/mol. The van der Waals surface area contributed by atoms with Crippen molar-refractivity contribution < 1.29 is 14.4 Å². The Balaban J connectivity index is 1.62. The summed E-state index contributed by atoms with van der Waals surface area (Å²) in [7, 11) is 0. The third-order valence-corrected chi connectivity index (χ3v) is 5.62. The minimum absolute atomic E-state index is 0.0969. The average molecular weight is 426 g/mol. The third kappa shape index (κ3) is 4.84. The zero-order valence-electron chi connectivity index (χ0n) is 18.7. The Morgan fingerprint density at radius 3 is 2.19 bits per heavy atom. The number of unbranched alkanes of at least 4 members (excludes halogenated alkanes) is 1. The van der Waals surface area contributed by atoms with Crippen LogP contribution in [0.1, 0.15) is 64.5 Å². The van der Waals surface area contributed by atoms with Crippen LogP contribution in [0.25, 0.3) is 0 Å². The normalized spacial score (nSPS) is 21.4. The van der Waals surface area contributed by atoms with Crippen molar-refractivity contribution in [3.63, 3.8) is 0 Å². The molecule has 2 aliphatic heterocycles. The maximum absolute atomic E-state index is 12.9. The van der Waals surface area contributed by atoms with Crippen molar-refractivity contribution in [1.29, 1.82) is 5.41 Å². The molecule has 0 bridgehead atoms. The summed E-state index contributed by atoms with van der Waals surface area (Å²) in [6.45, 7) is 8.44. The second-order valence-corrected chi connectivity index (χ2v) is 8.95. The van der Waals surface area contributed by atoms with E-state index in [1.165, 1.54) is 9.80 Å². The molecule has 2 heterocycles. The molecular weight excluding hydrogens is 394 g/mol. The molecule has 1 atom stereocenters. The highest BCUT2D eigenvalue weighted by Crippen LogP contribution is 2.26. The van der Waals surface area contributed by atoms with Gasteiger partial charge in [0.25, 0.3) is 11.8 Å². The molecule has 166 valence electrons. The van der Waals surface area contributed by atoms with Gasteiger partial charge in [0.15, 0.2) is 5.96 Å². The molecule has 2 N–H and O–H groups in total. The zero-order chi connectivity index (χ0) is 22.8. The molecule has 0 radical (unpaired) electrons. The fourth-order valence-corrected chi connectivity index (χ4v) is 4.12. The van der Waals surface area contributed by atoms with Gasteiger partial charge in [0, 0.05) is 0 Å². The van der Waals surface area contributed by atoms with Crippen molar-refractivity contribution in [3.05, 3.63) is 35.4 Å². The fourth-order valence-electron chi connectivity index (χ4n) is 4.12. The summed E-state index contributed by atoms with van der Waals surface area (Å²) in [6.07, 6.45) is 2.95. The second-order valence-electron chi connectivity index (χ2n) is 8.95. The lowest BCUT2D eigenvalue weighted by molar-refractivity contribution is -0.131. The molecule has 8 nitrogen and oxygen atoms in total. The van der Waals surface area contributed by atoms with Crippen molar-refractivity contribution in [2.45, 2.75) is 72.0 Å². The quantitative estimate of drug-likeness (QED) is 0.632. The van der Waals surface area contributed by atoms with Crippen LogP contribution < -0.4 is 5.32 Å². The predicted octanol–water partition coefficient (Wildman–Crippen LogP) is 3.45. The number of rotatable bonds is 9. The van der Waals surface area contributed by atoms with Gasteiger partial charge in [-0.05, 0) is 43.2 Å². The summed E-state index contributed by atoms with van der Waals surface area (Å²) in [5.74, 6) is 0.0349. The number of carbonyl (C=O) groups excluding carboxylic acids is 3. The first kappa shape index (κ1) is 22.7. The minimum Gasteiger partial charge on any atom is -0.342 e. The SMILES string of the molecule is CCCCC1=NC(=O)N(Cc2ccc(CN3C(=N)NC(C)(CC(C)C)C3=O)cc2)C1=O. The van der Waals surface area contributed by atoms with E-state index in [0.717, 1.165) is 24.0 Å². The van der Waals surface area contributed by atoms with Crippen LogP contribution in [0.5, 0.6) is 0 Å². The second kappa shape index (κ2) is 8.99. The van der Waals surface area contributed by atoms with E-state index >= 15 is 0 Å². The van der Waals surface area contributed by atoms with Crippen LogP contribution >= 0.6 is 0 Å². The number of benzene rings is 1. The number of guanidine groups is 1. The maximum Gasteiger partial charge on any atom is 0.351 e. The van der Waals surface area contributed by atoms with E-state index in [-0.39, 0.29) is 24.3 Å². The summed E-state index contributed by atoms with van der Waals surface area (Å²) >= 11 is 0. The van der Waals surface area contributed by atoms with Crippen LogP contribution in [-0.4, -0.2) is 44.9 Å².